The van der Waals surface area contributed by atoms with E-state index in [0.717, 1.165) is 54.6 Å². The van der Waals surface area contributed by atoms with Crippen LogP contribution in [-0.2, 0) is 6.42 Å². The molecule has 33 heavy (non-hydrogen) atoms. The van der Waals surface area contributed by atoms with E-state index in [9.17, 15) is 4.39 Å². The summed E-state index contributed by atoms with van der Waals surface area (Å²) in [5.74, 6) is 2.36. The van der Waals surface area contributed by atoms with Gasteiger partial charge < -0.3 is 0 Å². The minimum atomic E-state index is -0.207. The Kier molecular flexibility index (Phi) is 8.61. The van der Waals surface area contributed by atoms with Crippen molar-refractivity contribution in [3.63, 3.8) is 0 Å². The van der Waals surface area contributed by atoms with E-state index in [-0.39, 0.29) is 17.6 Å². The van der Waals surface area contributed by atoms with Crippen LogP contribution in [0.2, 0.25) is 0 Å². The number of fused-ring (bicyclic) bond motifs is 2. The van der Waals surface area contributed by atoms with Gasteiger partial charge in [0.25, 0.3) is 0 Å². The fourth-order valence-corrected chi connectivity index (χ4v) is 6.68. The SMILES string of the molecule is C/C=C/CCc1cc(F)c2cc(C3CCC4CC(CCCCCC)CCC4C3)c(F)cc2c1. The van der Waals surface area contributed by atoms with E-state index in [1.165, 1.54) is 57.8 Å². The van der Waals surface area contributed by atoms with E-state index in [1.807, 2.05) is 25.1 Å². The van der Waals surface area contributed by atoms with Crippen LogP contribution in [-0.4, -0.2) is 0 Å². The van der Waals surface area contributed by atoms with Crippen molar-refractivity contribution in [3.8, 4) is 0 Å². The van der Waals surface area contributed by atoms with Crippen LogP contribution in [0.1, 0.15) is 108 Å². The molecule has 2 aliphatic rings. The Bertz CT molecular complexity index is 944. The van der Waals surface area contributed by atoms with Gasteiger partial charge in [-0.1, -0.05) is 63.7 Å². The van der Waals surface area contributed by atoms with Gasteiger partial charge in [-0.25, -0.2) is 8.78 Å². The molecule has 0 heterocycles. The molecule has 2 aromatic rings. The minimum Gasteiger partial charge on any atom is -0.207 e. The Balaban J connectivity index is 1.42. The highest BCUT2D eigenvalue weighted by Crippen LogP contribution is 2.49. The van der Waals surface area contributed by atoms with Crippen LogP contribution >= 0.6 is 0 Å². The summed E-state index contributed by atoms with van der Waals surface area (Å²) in [5, 5.41) is 1.28. The predicted octanol–water partition coefficient (Wildman–Crippen LogP) is 9.90. The van der Waals surface area contributed by atoms with Gasteiger partial charge in [-0.3, -0.25) is 0 Å². The Hall–Kier alpha value is -1.70. The molecule has 0 bridgehead atoms. The number of unbranched alkanes of at least 4 members (excludes halogenated alkanes) is 3. The van der Waals surface area contributed by atoms with Gasteiger partial charge in [0.1, 0.15) is 11.6 Å². The van der Waals surface area contributed by atoms with Crippen molar-refractivity contribution in [2.24, 2.45) is 17.8 Å². The average Bonchev–Trinajstić information content (AvgIpc) is 2.81. The van der Waals surface area contributed by atoms with E-state index in [2.05, 4.69) is 13.0 Å². The molecule has 2 aliphatic carbocycles. The Labute approximate surface area is 199 Å². The maximum Gasteiger partial charge on any atom is 0.131 e. The normalized spacial score (nSPS) is 25.6. The molecular weight excluding hydrogens is 410 g/mol. The van der Waals surface area contributed by atoms with E-state index in [0.29, 0.717) is 10.8 Å². The highest BCUT2D eigenvalue weighted by molar-refractivity contribution is 5.85. The summed E-state index contributed by atoms with van der Waals surface area (Å²) in [6.45, 7) is 4.27. The van der Waals surface area contributed by atoms with Crippen molar-refractivity contribution < 1.29 is 8.78 Å². The second-order valence-electron chi connectivity index (χ2n) is 10.8. The van der Waals surface area contributed by atoms with Gasteiger partial charge in [-0.2, -0.15) is 0 Å². The van der Waals surface area contributed by atoms with Crippen LogP contribution in [0, 0.1) is 29.4 Å². The number of hydrogen-bond acceptors (Lipinski definition) is 0. The zero-order valence-corrected chi connectivity index (χ0v) is 20.7. The molecule has 0 amide bonds. The fourth-order valence-electron chi connectivity index (χ4n) is 6.68. The molecule has 0 radical (unpaired) electrons. The largest absolute Gasteiger partial charge is 0.207 e. The topological polar surface area (TPSA) is 0 Å². The summed E-state index contributed by atoms with van der Waals surface area (Å²) >= 11 is 0. The molecule has 0 aliphatic heterocycles. The number of allylic oxidation sites excluding steroid dienone is 2. The molecule has 0 nitrogen and oxygen atoms in total. The highest BCUT2D eigenvalue weighted by Gasteiger charge is 2.36. The van der Waals surface area contributed by atoms with Gasteiger partial charge in [0.05, 0.1) is 0 Å². The second kappa shape index (κ2) is 11.6. The predicted molar refractivity (Wildman–Crippen MR) is 137 cm³/mol. The summed E-state index contributed by atoms with van der Waals surface area (Å²) in [4.78, 5) is 0. The number of hydrogen-bond donors (Lipinski definition) is 0. The summed E-state index contributed by atoms with van der Waals surface area (Å²) < 4.78 is 30.2. The molecule has 4 atom stereocenters. The van der Waals surface area contributed by atoms with Crippen molar-refractivity contribution in [1.82, 2.24) is 0 Å². The van der Waals surface area contributed by atoms with Crippen LogP contribution in [0.15, 0.2) is 36.4 Å². The molecule has 0 saturated heterocycles. The minimum absolute atomic E-state index is 0.138. The van der Waals surface area contributed by atoms with E-state index >= 15 is 4.39 Å². The van der Waals surface area contributed by atoms with Gasteiger partial charge in [0, 0.05) is 5.39 Å². The molecule has 2 fully saturated rings. The Morgan fingerprint density at radius 3 is 2.52 bits per heavy atom. The first kappa shape index (κ1) is 24.4. The summed E-state index contributed by atoms with van der Waals surface area (Å²) in [7, 11) is 0. The molecular formula is C31H42F2. The molecule has 0 spiro atoms. The highest BCUT2D eigenvalue weighted by atomic mass is 19.1. The maximum atomic E-state index is 15.2. The second-order valence-corrected chi connectivity index (χ2v) is 10.8. The molecule has 4 rings (SSSR count). The zero-order valence-electron chi connectivity index (χ0n) is 20.7. The smallest absolute Gasteiger partial charge is 0.131 e. The lowest BCUT2D eigenvalue weighted by molar-refractivity contribution is 0.112. The van der Waals surface area contributed by atoms with E-state index < -0.39 is 0 Å². The van der Waals surface area contributed by atoms with Gasteiger partial charge in [-0.15, -0.1) is 0 Å². The monoisotopic (exact) mass is 452 g/mol. The standard InChI is InChI=1S/C31H42F2/c1-3-5-7-9-10-22-12-13-25-19-26(15-14-24(25)16-22)28-21-29-27(20-31(28)33)17-23(18-30(29)32)11-8-6-4-2/h4,6,17-18,20-22,24-26H,3,5,7-16,19H2,1-2H3/b6-4+. The molecule has 0 N–H and O–H groups in total. The van der Waals surface area contributed by atoms with Crippen LogP contribution in [0.3, 0.4) is 0 Å². The quantitative estimate of drug-likeness (QED) is 0.262. The lowest BCUT2D eigenvalue weighted by Gasteiger charge is -2.42. The third-order valence-corrected chi connectivity index (χ3v) is 8.54. The summed E-state index contributed by atoms with van der Waals surface area (Å²) in [6.07, 6.45) is 20.0. The zero-order chi connectivity index (χ0) is 23.2. The summed E-state index contributed by atoms with van der Waals surface area (Å²) in [6, 6.07) is 7.03. The van der Waals surface area contributed by atoms with Crippen molar-refractivity contribution in [2.45, 2.75) is 103 Å². The third kappa shape index (κ3) is 6.06. The molecule has 0 aromatic heterocycles. The molecule has 2 aromatic carbocycles. The molecule has 4 unspecified atom stereocenters. The first-order valence-corrected chi connectivity index (χ1v) is 13.6. The van der Waals surface area contributed by atoms with Gasteiger partial charge in [-0.05, 0) is 110 Å². The van der Waals surface area contributed by atoms with Crippen LogP contribution in [0.5, 0.6) is 0 Å². The fraction of sp³-hybridized carbons (Fsp3) is 0.613. The Morgan fingerprint density at radius 2 is 1.70 bits per heavy atom. The molecule has 180 valence electrons. The molecule has 2 heteroatoms. The van der Waals surface area contributed by atoms with E-state index in [4.69, 9.17) is 0 Å². The third-order valence-electron chi connectivity index (χ3n) is 8.54. The first-order valence-electron chi connectivity index (χ1n) is 13.6. The van der Waals surface area contributed by atoms with Crippen LogP contribution in [0.4, 0.5) is 8.78 Å². The number of rotatable bonds is 9. The first-order chi connectivity index (χ1) is 16.1. The lowest BCUT2D eigenvalue weighted by Crippen LogP contribution is -2.30. The van der Waals surface area contributed by atoms with Crippen molar-refractivity contribution in [1.29, 1.82) is 0 Å². The average molecular weight is 453 g/mol. The Morgan fingerprint density at radius 1 is 0.879 bits per heavy atom. The van der Waals surface area contributed by atoms with Crippen LogP contribution in [0.25, 0.3) is 10.8 Å². The lowest BCUT2D eigenvalue weighted by atomic mass is 9.63. The van der Waals surface area contributed by atoms with Gasteiger partial charge in [0.2, 0.25) is 0 Å². The molecule has 2 saturated carbocycles. The van der Waals surface area contributed by atoms with Crippen molar-refractivity contribution in [3.05, 3.63) is 59.2 Å². The maximum absolute atomic E-state index is 15.2. The number of aryl methyl sites for hydroxylation is 1. The van der Waals surface area contributed by atoms with Crippen molar-refractivity contribution in [2.75, 3.05) is 0 Å². The van der Waals surface area contributed by atoms with Crippen molar-refractivity contribution >= 4 is 10.8 Å². The van der Waals surface area contributed by atoms with Crippen LogP contribution < -0.4 is 0 Å². The van der Waals surface area contributed by atoms with Gasteiger partial charge in [0.15, 0.2) is 0 Å². The van der Waals surface area contributed by atoms with E-state index in [1.54, 1.807) is 12.1 Å². The van der Waals surface area contributed by atoms with Gasteiger partial charge >= 0.3 is 0 Å². The number of halogens is 2. The summed E-state index contributed by atoms with van der Waals surface area (Å²) in [5.41, 5.74) is 1.69. The number of benzene rings is 2.